The molecular formula is C18H24ClNO5. The van der Waals surface area contributed by atoms with Gasteiger partial charge in [-0.1, -0.05) is 18.5 Å². The van der Waals surface area contributed by atoms with Gasteiger partial charge < -0.3 is 19.5 Å². The number of benzene rings is 1. The number of rotatable bonds is 7. The molecule has 1 N–H and O–H groups in total. The number of carboxylic acid groups (broad SMARTS) is 1. The van der Waals surface area contributed by atoms with Crippen LogP contribution in [0.25, 0.3) is 0 Å². The van der Waals surface area contributed by atoms with E-state index in [2.05, 4.69) is 0 Å². The minimum atomic E-state index is -0.800. The zero-order valence-corrected chi connectivity index (χ0v) is 15.3. The molecule has 1 saturated heterocycles. The molecule has 25 heavy (non-hydrogen) atoms. The van der Waals surface area contributed by atoms with Gasteiger partial charge in [0.1, 0.15) is 0 Å². The van der Waals surface area contributed by atoms with Gasteiger partial charge in [-0.3, -0.25) is 9.59 Å². The summed E-state index contributed by atoms with van der Waals surface area (Å²) >= 11 is 6.30. The largest absolute Gasteiger partial charge is 0.490 e. The summed E-state index contributed by atoms with van der Waals surface area (Å²) in [7, 11) is 0. The second kappa shape index (κ2) is 8.94. The van der Waals surface area contributed by atoms with Crippen LogP contribution in [-0.4, -0.2) is 48.2 Å². The number of aliphatic carboxylic acids is 1. The van der Waals surface area contributed by atoms with Gasteiger partial charge in [0.15, 0.2) is 11.5 Å². The molecule has 0 bridgehead atoms. The lowest BCUT2D eigenvalue weighted by molar-refractivity contribution is -0.143. The Morgan fingerprint density at radius 3 is 2.48 bits per heavy atom. The molecule has 0 radical (unpaired) electrons. The van der Waals surface area contributed by atoms with E-state index in [0.29, 0.717) is 61.2 Å². The number of carbonyl (C=O) groups is 2. The Morgan fingerprint density at radius 2 is 1.92 bits per heavy atom. The van der Waals surface area contributed by atoms with Gasteiger partial charge in [-0.05, 0) is 38.3 Å². The van der Waals surface area contributed by atoms with Crippen LogP contribution in [0.5, 0.6) is 11.5 Å². The van der Waals surface area contributed by atoms with E-state index < -0.39 is 5.97 Å². The molecular weight excluding hydrogens is 346 g/mol. The number of halogens is 1. The van der Waals surface area contributed by atoms with Gasteiger partial charge in [0.05, 0.1) is 24.2 Å². The lowest BCUT2D eigenvalue weighted by Gasteiger charge is -2.30. The van der Waals surface area contributed by atoms with Gasteiger partial charge in [-0.25, -0.2) is 0 Å². The molecule has 1 aliphatic heterocycles. The number of piperidine rings is 1. The van der Waals surface area contributed by atoms with E-state index in [0.717, 1.165) is 6.42 Å². The minimum Gasteiger partial charge on any atom is -0.490 e. The SMILES string of the molecule is CCCOc1c(Cl)cc(C(=O)N2CCC(C(=O)O)CC2)cc1OCC. The summed E-state index contributed by atoms with van der Waals surface area (Å²) in [4.78, 5) is 25.4. The third-order valence-corrected chi connectivity index (χ3v) is 4.42. The number of carbonyl (C=O) groups excluding carboxylic acids is 1. The van der Waals surface area contributed by atoms with Crippen molar-refractivity contribution in [3.05, 3.63) is 22.7 Å². The molecule has 0 unspecified atom stereocenters. The number of hydrogen-bond donors (Lipinski definition) is 1. The first-order chi connectivity index (χ1) is 12.0. The highest BCUT2D eigenvalue weighted by Crippen LogP contribution is 2.37. The van der Waals surface area contributed by atoms with E-state index in [1.54, 1.807) is 17.0 Å². The summed E-state index contributed by atoms with van der Waals surface area (Å²) in [6, 6.07) is 3.23. The molecule has 1 amide bonds. The first-order valence-electron chi connectivity index (χ1n) is 8.59. The van der Waals surface area contributed by atoms with Crippen LogP contribution in [0, 0.1) is 5.92 Å². The maximum Gasteiger partial charge on any atom is 0.306 e. The number of likely N-dealkylation sites (tertiary alicyclic amines) is 1. The lowest BCUT2D eigenvalue weighted by atomic mass is 9.96. The Balaban J connectivity index is 2.18. The predicted octanol–water partition coefficient (Wildman–Crippen LogP) is 3.46. The maximum absolute atomic E-state index is 12.7. The fraction of sp³-hybridized carbons (Fsp3) is 0.556. The fourth-order valence-corrected chi connectivity index (χ4v) is 3.08. The average Bonchev–Trinajstić information content (AvgIpc) is 2.60. The van der Waals surface area contributed by atoms with Crippen molar-refractivity contribution < 1.29 is 24.2 Å². The Hall–Kier alpha value is -1.95. The van der Waals surface area contributed by atoms with Crippen molar-refractivity contribution in [2.45, 2.75) is 33.1 Å². The van der Waals surface area contributed by atoms with Crippen molar-refractivity contribution in [3.8, 4) is 11.5 Å². The zero-order valence-electron chi connectivity index (χ0n) is 14.6. The van der Waals surface area contributed by atoms with Crippen LogP contribution in [0.4, 0.5) is 0 Å². The molecule has 1 fully saturated rings. The molecule has 7 heteroatoms. The highest BCUT2D eigenvalue weighted by Gasteiger charge is 2.28. The molecule has 1 aromatic carbocycles. The monoisotopic (exact) mass is 369 g/mol. The zero-order chi connectivity index (χ0) is 18.4. The van der Waals surface area contributed by atoms with E-state index in [9.17, 15) is 9.59 Å². The van der Waals surface area contributed by atoms with Gasteiger partial charge in [-0.2, -0.15) is 0 Å². The van der Waals surface area contributed by atoms with E-state index in [1.165, 1.54) is 0 Å². The quantitative estimate of drug-likeness (QED) is 0.796. The number of amides is 1. The first-order valence-corrected chi connectivity index (χ1v) is 8.96. The van der Waals surface area contributed by atoms with Crippen molar-refractivity contribution in [2.24, 2.45) is 5.92 Å². The van der Waals surface area contributed by atoms with Gasteiger partial charge >= 0.3 is 5.97 Å². The molecule has 1 aliphatic rings. The molecule has 138 valence electrons. The number of hydrogen-bond acceptors (Lipinski definition) is 4. The maximum atomic E-state index is 12.7. The summed E-state index contributed by atoms with van der Waals surface area (Å²) in [6.07, 6.45) is 1.76. The normalized spacial score (nSPS) is 15.1. The predicted molar refractivity (Wildman–Crippen MR) is 94.7 cm³/mol. The molecule has 2 rings (SSSR count). The molecule has 0 aromatic heterocycles. The smallest absolute Gasteiger partial charge is 0.306 e. The summed E-state index contributed by atoms with van der Waals surface area (Å²) < 4.78 is 11.2. The Morgan fingerprint density at radius 1 is 1.24 bits per heavy atom. The standard InChI is InChI=1S/C18H24ClNO5/c1-3-9-25-16-14(19)10-13(11-15(16)24-4-2)17(21)20-7-5-12(6-8-20)18(22)23/h10-12H,3-9H2,1-2H3,(H,22,23). The Kier molecular flexibility index (Phi) is 6.93. The lowest BCUT2D eigenvalue weighted by Crippen LogP contribution is -2.40. The molecule has 1 aromatic rings. The van der Waals surface area contributed by atoms with Crippen LogP contribution in [0.15, 0.2) is 12.1 Å². The Labute approximate surface area is 152 Å². The molecule has 0 spiro atoms. The molecule has 1 heterocycles. The van der Waals surface area contributed by atoms with Crippen LogP contribution in [-0.2, 0) is 4.79 Å². The Bertz CT molecular complexity index is 626. The molecule has 0 atom stereocenters. The summed E-state index contributed by atoms with van der Waals surface area (Å²) in [5, 5.41) is 9.40. The van der Waals surface area contributed by atoms with Crippen LogP contribution in [0.1, 0.15) is 43.5 Å². The first kappa shape index (κ1) is 19.4. The number of ether oxygens (including phenoxy) is 2. The van der Waals surface area contributed by atoms with Crippen molar-refractivity contribution in [3.63, 3.8) is 0 Å². The topological polar surface area (TPSA) is 76.1 Å². The fourth-order valence-electron chi connectivity index (χ4n) is 2.81. The highest BCUT2D eigenvalue weighted by atomic mass is 35.5. The molecule has 0 saturated carbocycles. The number of nitrogens with zero attached hydrogens (tertiary/aromatic N) is 1. The van der Waals surface area contributed by atoms with E-state index in [1.807, 2.05) is 13.8 Å². The van der Waals surface area contributed by atoms with Crippen molar-refractivity contribution in [1.82, 2.24) is 4.90 Å². The minimum absolute atomic E-state index is 0.172. The van der Waals surface area contributed by atoms with E-state index in [4.69, 9.17) is 26.2 Å². The van der Waals surface area contributed by atoms with Crippen molar-refractivity contribution in [1.29, 1.82) is 0 Å². The van der Waals surface area contributed by atoms with Gasteiger partial charge in [-0.15, -0.1) is 0 Å². The summed E-state index contributed by atoms with van der Waals surface area (Å²) in [6.45, 7) is 5.63. The van der Waals surface area contributed by atoms with Crippen molar-refractivity contribution in [2.75, 3.05) is 26.3 Å². The van der Waals surface area contributed by atoms with E-state index in [-0.39, 0.29) is 11.8 Å². The average molecular weight is 370 g/mol. The van der Waals surface area contributed by atoms with Crippen LogP contribution in [0.2, 0.25) is 5.02 Å². The second-order valence-electron chi connectivity index (χ2n) is 5.97. The summed E-state index contributed by atoms with van der Waals surface area (Å²) in [5.41, 5.74) is 0.422. The third kappa shape index (κ3) is 4.78. The molecule has 6 nitrogen and oxygen atoms in total. The van der Waals surface area contributed by atoms with E-state index >= 15 is 0 Å². The number of carboxylic acids is 1. The van der Waals surface area contributed by atoms with Crippen LogP contribution < -0.4 is 9.47 Å². The second-order valence-corrected chi connectivity index (χ2v) is 6.38. The highest BCUT2D eigenvalue weighted by molar-refractivity contribution is 6.32. The van der Waals surface area contributed by atoms with Crippen molar-refractivity contribution >= 4 is 23.5 Å². The van der Waals surface area contributed by atoms with Gasteiger partial charge in [0.2, 0.25) is 0 Å². The van der Waals surface area contributed by atoms with Gasteiger partial charge in [0.25, 0.3) is 5.91 Å². The van der Waals surface area contributed by atoms with Crippen LogP contribution in [0.3, 0.4) is 0 Å². The molecule has 0 aliphatic carbocycles. The summed E-state index contributed by atoms with van der Waals surface area (Å²) in [5.74, 6) is -0.449. The van der Waals surface area contributed by atoms with Gasteiger partial charge in [0, 0.05) is 18.7 Å². The third-order valence-electron chi connectivity index (χ3n) is 4.14. The van der Waals surface area contributed by atoms with Crippen LogP contribution >= 0.6 is 11.6 Å².